The molecule has 2 saturated heterocycles. The Hall–Kier alpha value is -4.27. The quantitative estimate of drug-likeness (QED) is 0.206. The second-order valence-corrected chi connectivity index (χ2v) is 13.8. The predicted octanol–water partition coefficient (Wildman–Crippen LogP) is 5.37. The Kier molecular flexibility index (Phi) is 9.85. The van der Waals surface area contributed by atoms with E-state index in [1.165, 1.54) is 28.6 Å². The van der Waals surface area contributed by atoms with Crippen molar-refractivity contribution in [3.8, 4) is 11.3 Å². The van der Waals surface area contributed by atoms with Gasteiger partial charge in [0.05, 0.1) is 22.2 Å². The molecular formula is C34H34F4N6O3S. The highest BCUT2D eigenvalue weighted by molar-refractivity contribution is 7.89. The molecule has 9 nitrogen and oxygen atoms in total. The number of Topliss-reactive ketones (excluding diaryl/α,β-unsaturated/α-hetero) is 1. The Bertz CT molecular complexity index is 1830. The highest BCUT2D eigenvalue weighted by atomic mass is 32.2. The second kappa shape index (κ2) is 14.1. The molecule has 1 atom stereocenters. The molecule has 252 valence electrons. The van der Waals surface area contributed by atoms with E-state index >= 15 is 0 Å². The van der Waals surface area contributed by atoms with E-state index in [-0.39, 0.29) is 30.1 Å². The van der Waals surface area contributed by atoms with Gasteiger partial charge in [0.2, 0.25) is 16.0 Å². The minimum atomic E-state index is -4.48. The van der Waals surface area contributed by atoms with Crippen LogP contribution in [0.2, 0.25) is 0 Å². The van der Waals surface area contributed by atoms with Crippen molar-refractivity contribution in [1.29, 1.82) is 0 Å². The minimum absolute atomic E-state index is 0.00270. The summed E-state index contributed by atoms with van der Waals surface area (Å²) >= 11 is 0. The number of alkyl halides is 3. The maximum atomic E-state index is 13.5. The smallest absolute Gasteiger partial charge is 0.338 e. The first-order valence-corrected chi connectivity index (χ1v) is 17.1. The molecule has 0 spiro atoms. The van der Waals surface area contributed by atoms with E-state index in [0.717, 1.165) is 49.5 Å². The number of aromatic nitrogens is 3. The van der Waals surface area contributed by atoms with Crippen molar-refractivity contribution in [2.45, 2.75) is 49.3 Å². The lowest BCUT2D eigenvalue weighted by molar-refractivity contribution is -0.137. The standard InChI is InChI=1S/C34H34F4N6O3S/c35-27-7-10-29(11-8-27)48(46,47)44-17-1-2-31(44)32(45)12-9-28-22-30(25-3-5-26(6-4-25)34(36,37)38)41-33(40-28)43-20-18-42(19-21-43)23-24-13-15-39-16-14-24/h3-8,10-11,13-16,22,31H,1-2,9,12,17-21,23H2/t31-/m0/s1. The van der Waals surface area contributed by atoms with Crippen LogP contribution in [0.1, 0.15) is 36.1 Å². The largest absolute Gasteiger partial charge is 0.416 e. The van der Waals surface area contributed by atoms with Crippen LogP contribution in [0.5, 0.6) is 0 Å². The Labute approximate surface area is 276 Å². The average Bonchev–Trinajstić information content (AvgIpc) is 3.59. The zero-order valence-corrected chi connectivity index (χ0v) is 26.8. The van der Waals surface area contributed by atoms with Crippen molar-refractivity contribution in [2.24, 2.45) is 0 Å². The van der Waals surface area contributed by atoms with E-state index < -0.39 is 33.6 Å². The van der Waals surface area contributed by atoms with Crippen LogP contribution in [0.4, 0.5) is 23.5 Å². The summed E-state index contributed by atoms with van der Waals surface area (Å²) in [5.41, 5.74) is 1.80. The predicted molar refractivity (Wildman–Crippen MR) is 171 cm³/mol. The van der Waals surface area contributed by atoms with E-state index in [4.69, 9.17) is 9.97 Å². The molecule has 2 aliphatic heterocycles. The number of carbonyl (C=O) groups is 1. The summed E-state index contributed by atoms with van der Waals surface area (Å²) in [5, 5.41) is 0. The van der Waals surface area contributed by atoms with Crippen LogP contribution >= 0.6 is 0 Å². The molecule has 0 amide bonds. The van der Waals surface area contributed by atoms with Crippen LogP contribution in [0, 0.1) is 5.82 Å². The summed E-state index contributed by atoms with van der Waals surface area (Å²) in [4.78, 5) is 31.3. The number of hydrogen-bond donors (Lipinski definition) is 0. The van der Waals surface area contributed by atoms with Gasteiger partial charge in [0, 0.05) is 69.3 Å². The summed E-state index contributed by atoms with van der Waals surface area (Å²) < 4.78 is 81.0. The first kappa shape index (κ1) is 33.6. The third kappa shape index (κ3) is 7.71. The highest BCUT2D eigenvalue weighted by Crippen LogP contribution is 2.32. The molecule has 48 heavy (non-hydrogen) atoms. The van der Waals surface area contributed by atoms with Crippen molar-refractivity contribution in [3.63, 3.8) is 0 Å². The summed E-state index contributed by atoms with van der Waals surface area (Å²) in [6.45, 7) is 3.68. The lowest BCUT2D eigenvalue weighted by Gasteiger charge is -2.35. The average molecular weight is 683 g/mol. The van der Waals surface area contributed by atoms with Crippen molar-refractivity contribution in [2.75, 3.05) is 37.6 Å². The molecular weight excluding hydrogens is 648 g/mol. The third-order valence-electron chi connectivity index (χ3n) is 8.71. The van der Waals surface area contributed by atoms with Crippen LogP contribution < -0.4 is 4.90 Å². The summed E-state index contributed by atoms with van der Waals surface area (Å²) in [7, 11) is -4.01. The molecule has 0 radical (unpaired) electrons. The molecule has 14 heteroatoms. The van der Waals surface area contributed by atoms with Gasteiger partial charge in [-0.1, -0.05) is 12.1 Å². The lowest BCUT2D eigenvalue weighted by atomic mass is 10.0. The molecule has 0 aliphatic carbocycles. The molecule has 0 unspecified atom stereocenters. The number of benzene rings is 2. The van der Waals surface area contributed by atoms with Crippen molar-refractivity contribution in [3.05, 3.63) is 102 Å². The first-order valence-electron chi connectivity index (χ1n) is 15.7. The molecule has 6 rings (SSSR count). The van der Waals surface area contributed by atoms with Gasteiger partial charge < -0.3 is 4.90 Å². The summed E-state index contributed by atoms with van der Waals surface area (Å²) in [6, 6.07) is 14.0. The van der Waals surface area contributed by atoms with Crippen molar-refractivity contribution < 1.29 is 30.8 Å². The normalized spacial score (nSPS) is 17.9. The van der Waals surface area contributed by atoms with Gasteiger partial charge in [-0.2, -0.15) is 17.5 Å². The van der Waals surface area contributed by atoms with Gasteiger partial charge in [-0.15, -0.1) is 0 Å². The Morgan fingerprint density at radius 1 is 0.875 bits per heavy atom. The summed E-state index contributed by atoms with van der Waals surface area (Å²) in [6.07, 6.45) is 0.109. The SMILES string of the molecule is O=C(CCc1cc(-c2ccc(C(F)(F)F)cc2)nc(N2CCN(Cc3ccncc3)CC2)n1)[C@@H]1CCCN1S(=O)(=O)c1ccc(F)cc1. The van der Waals surface area contributed by atoms with Gasteiger partial charge in [0.1, 0.15) is 5.82 Å². The molecule has 2 aliphatic rings. The number of rotatable bonds is 10. The first-order chi connectivity index (χ1) is 23.0. The highest BCUT2D eigenvalue weighted by Gasteiger charge is 2.39. The third-order valence-corrected chi connectivity index (χ3v) is 10.6. The topological polar surface area (TPSA) is 99.6 Å². The summed E-state index contributed by atoms with van der Waals surface area (Å²) in [5.74, 6) is -0.409. The molecule has 2 aromatic carbocycles. The fraction of sp³-hybridized carbons (Fsp3) is 0.353. The van der Waals surface area contributed by atoms with Gasteiger partial charge in [-0.05, 0) is 79.4 Å². The fourth-order valence-electron chi connectivity index (χ4n) is 6.09. The number of pyridine rings is 1. The maximum Gasteiger partial charge on any atom is 0.416 e. The van der Waals surface area contributed by atoms with Gasteiger partial charge in [0.25, 0.3) is 0 Å². The van der Waals surface area contributed by atoms with E-state index in [2.05, 4.69) is 9.88 Å². The van der Waals surface area contributed by atoms with E-state index in [0.29, 0.717) is 48.8 Å². The molecule has 2 fully saturated rings. The number of piperazine rings is 1. The van der Waals surface area contributed by atoms with Gasteiger partial charge in [-0.25, -0.2) is 22.8 Å². The van der Waals surface area contributed by atoms with Crippen LogP contribution in [-0.4, -0.2) is 77.1 Å². The number of hydrogen-bond acceptors (Lipinski definition) is 8. The van der Waals surface area contributed by atoms with E-state index in [1.54, 1.807) is 18.5 Å². The zero-order chi connectivity index (χ0) is 33.9. The molecule has 4 heterocycles. The zero-order valence-electron chi connectivity index (χ0n) is 26.0. The maximum absolute atomic E-state index is 13.5. The van der Waals surface area contributed by atoms with Crippen LogP contribution in [-0.2, 0) is 34.0 Å². The second-order valence-electron chi connectivity index (χ2n) is 11.9. The van der Waals surface area contributed by atoms with Crippen molar-refractivity contribution >= 4 is 21.8 Å². The van der Waals surface area contributed by atoms with E-state index in [9.17, 15) is 30.8 Å². The van der Waals surface area contributed by atoms with Gasteiger partial charge in [0.15, 0.2) is 5.78 Å². The number of aryl methyl sites for hydroxylation is 1. The molecule has 0 bridgehead atoms. The lowest BCUT2D eigenvalue weighted by Crippen LogP contribution is -2.46. The number of sulfonamides is 1. The van der Waals surface area contributed by atoms with E-state index in [1.807, 2.05) is 17.0 Å². The number of nitrogens with zero attached hydrogens (tertiary/aromatic N) is 6. The number of halogens is 4. The molecule has 0 saturated carbocycles. The van der Waals surface area contributed by atoms with Crippen LogP contribution in [0.3, 0.4) is 0 Å². The Morgan fingerprint density at radius 2 is 1.56 bits per heavy atom. The van der Waals surface area contributed by atoms with Crippen LogP contribution in [0.25, 0.3) is 11.3 Å². The number of anilines is 1. The fourth-order valence-corrected chi connectivity index (χ4v) is 7.77. The van der Waals surface area contributed by atoms with Crippen molar-refractivity contribution in [1.82, 2.24) is 24.2 Å². The number of ketones is 1. The van der Waals surface area contributed by atoms with Gasteiger partial charge >= 0.3 is 6.18 Å². The monoisotopic (exact) mass is 682 g/mol. The van der Waals surface area contributed by atoms with Crippen LogP contribution in [0.15, 0.2) is 84.0 Å². The number of carbonyl (C=O) groups excluding carboxylic acids is 1. The Balaban J connectivity index is 1.20. The minimum Gasteiger partial charge on any atom is -0.338 e. The molecule has 2 aromatic heterocycles. The Morgan fingerprint density at radius 3 is 2.23 bits per heavy atom. The van der Waals surface area contributed by atoms with Gasteiger partial charge in [-0.3, -0.25) is 14.7 Å². The molecule has 4 aromatic rings. The molecule has 0 N–H and O–H groups in total.